The van der Waals surface area contributed by atoms with E-state index < -0.39 is 11.9 Å². The third-order valence-electron chi connectivity index (χ3n) is 4.51. The summed E-state index contributed by atoms with van der Waals surface area (Å²) in [6, 6.07) is 5.29. The second-order valence-electron chi connectivity index (χ2n) is 6.18. The molecule has 7 heteroatoms. The van der Waals surface area contributed by atoms with Gasteiger partial charge in [0.15, 0.2) is 5.84 Å². The van der Waals surface area contributed by atoms with Crippen molar-refractivity contribution in [2.75, 3.05) is 13.2 Å². The van der Waals surface area contributed by atoms with Crippen LogP contribution in [0.25, 0.3) is 0 Å². The van der Waals surface area contributed by atoms with E-state index in [9.17, 15) is 4.79 Å². The Morgan fingerprint density at radius 1 is 1.44 bits per heavy atom. The number of ether oxygens (including phenoxy) is 1. The summed E-state index contributed by atoms with van der Waals surface area (Å²) in [7, 11) is 0. The predicted molar refractivity (Wildman–Crippen MR) is 93.0 cm³/mol. The maximum atomic E-state index is 11.4. The maximum Gasteiger partial charge on any atom is 0.239 e. The van der Waals surface area contributed by atoms with E-state index in [1.165, 1.54) is 5.57 Å². The Hall–Kier alpha value is -3.09. The van der Waals surface area contributed by atoms with Crippen LogP contribution >= 0.6 is 0 Å². The van der Waals surface area contributed by atoms with Crippen LogP contribution in [0, 0.1) is 0 Å². The second-order valence-corrected chi connectivity index (χ2v) is 6.18. The SMILES string of the molecule is CC(NC1=COCC2=C3C1=CN=C(c1ccccn1)N3CC2)C(N)=O. The average Bonchev–Trinajstić information content (AvgIpc) is 2.96. The number of pyridine rings is 1. The molecule has 0 radical (unpaired) electrons. The molecule has 0 saturated heterocycles. The molecular weight excluding hydrogens is 318 g/mol. The van der Waals surface area contributed by atoms with Crippen LogP contribution in [0.1, 0.15) is 19.0 Å². The molecule has 3 N–H and O–H groups in total. The van der Waals surface area contributed by atoms with Crippen LogP contribution in [0.15, 0.2) is 64.4 Å². The maximum absolute atomic E-state index is 11.4. The van der Waals surface area contributed by atoms with E-state index in [2.05, 4.69) is 20.2 Å². The molecule has 0 fully saturated rings. The average molecular weight is 337 g/mol. The lowest BCUT2D eigenvalue weighted by molar-refractivity contribution is -0.119. The number of rotatable bonds is 4. The Balaban J connectivity index is 1.75. The minimum atomic E-state index is -0.506. The molecule has 4 rings (SSSR count). The highest BCUT2D eigenvalue weighted by molar-refractivity contribution is 6.00. The lowest BCUT2D eigenvalue weighted by atomic mass is 10.0. The first kappa shape index (κ1) is 15.4. The fourth-order valence-corrected chi connectivity index (χ4v) is 3.21. The van der Waals surface area contributed by atoms with Gasteiger partial charge in [-0.2, -0.15) is 0 Å². The molecule has 4 heterocycles. The lowest BCUT2D eigenvalue weighted by Crippen LogP contribution is -2.40. The van der Waals surface area contributed by atoms with Crippen molar-refractivity contribution < 1.29 is 9.53 Å². The summed E-state index contributed by atoms with van der Waals surface area (Å²) in [5.74, 6) is 0.412. The molecule has 0 aliphatic carbocycles. The highest BCUT2D eigenvalue weighted by Gasteiger charge is 2.35. The van der Waals surface area contributed by atoms with Crippen LogP contribution in [0.4, 0.5) is 0 Å². The van der Waals surface area contributed by atoms with Gasteiger partial charge in [-0.3, -0.25) is 9.78 Å². The van der Waals surface area contributed by atoms with Gasteiger partial charge in [0, 0.05) is 24.5 Å². The van der Waals surface area contributed by atoms with E-state index in [0.717, 1.165) is 35.8 Å². The van der Waals surface area contributed by atoms with Crippen LogP contribution < -0.4 is 11.1 Å². The summed E-state index contributed by atoms with van der Waals surface area (Å²) in [5, 5.41) is 3.13. The van der Waals surface area contributed by atoms with Crippen molar-refractivity contribution in [3.63, 3.8) is 0 Å². The van der Waals surface area contributed by atoms with Gasteiger partial charge in [0.05, 0.1) is 11.4 Å². The second kappa shape index (κ2) is 6.08. The van der Waals surface area contributed by atoms with Crippen LogP contribution in [-0.4, -0.2) is 40.8 Å². The Morgan fingerprint density at radius 3 is 3.08 bits per heavy atom. The number of amidine groups is 1. The summed E-state index contributed by atoms with van der Waals surface area (Å²) >= 11 is 0. The minimum Gasteiger partial charge on any atom is -0.495 e. The van der Waals surface area contributed by atoms with E-state index in [0.29, 0.717) is 12.3 Å². The summed E-state index contributed by atoms with van der Waals surface area (Å²) in [6.45, 7) is 3.08. The Morgan fingerprint density at radius 2 is 2.32 bits per heavy atom. The molecule has 1 aromatic heterocycles. The first-order valence-corrected chi connectivity index (χ1v) is 8.22. The minimum absolute atomic E-state index is 0.420. The normalized spacial score (nSPS) is 19.9. The van der Waals surface area contributed by atoms with Crippen molar-refractivity contribution in [3.05, 3.63) is 65.1 Å². The zero-order chi connectivity index (χ0) is 17.4. The van der Waals surface area contributed by atoms with Gasteiger partial charge in [-0.25, -0.2) is 4.99 Å². The molecule has 0 bridgehead atoms. The number of nitrogens with zero attached hydrogens (tertiary/aromatic N) is 3. The van der Waals surface area contributed by atoms with Crippen molar-refractivity contribution in [2.24, 2.45) is 10.7 Å². The molecule has 128 valence electrons. The number of aromatic nitrogens is 1. The van der Waals surface area contributed by atoms with Gasteiger partial charge < -0.3 is 20.7 Å². The Labute approximate surface area is 145 Å². The van der Waals surface area contributed by atoms with Crippen LogP contribution in [0.2, 0.25) is 0 Å². The van der Waals surface area contributed by atoms with Gasteiger partial charge in [0.1, 0.15) is 24.6 Å². The molecule has 0 saturated carbocycles. The van der Waals surface area contributed by atoms with Gasteiger partial charge >= 0.3 is 0 Å². The molecule has 0 spiro atoms. The molecule has 25 heavy (non-hydrogen) atoms. The van der Waals surface area contributed by atoms with Crippen molar-refractivity contribution in [3.8, 4) is 0 Å². The van der Waals surface area contributed by atoms with Gasteiger partial charge in [0.25, 0.3) is 0 Å². The highest BCUT2D eigenvalue weighted by Crippen LogP contribution is 2.37. The number of hydrogen-bond donors (Lipinski definition) is 2. The van der Waals surface area contributed by atoms with Crippen molar-refractivity contribution in [1.82, 2.24) is 15.2 Å². The molecule has 3 aliphatic heterocycles. The Kier molecular flexibility index (Phi) is 3.76. The van der Waals surface area contributed by atoms with E-state index in [1.54, 1.807) is 19.4 Å². The monoisotopic (exact) mass is 337 g/mol. The van der Waals surface area contributed by atoms with E-state index >= 15 is 0 Å². The first-order valence-electron chi connectivity index (χ1n) is 8.22. The number of carbonyl (C=O) groups is 1. The van der Waals surface area contributed by atoms with E-state index in [1.807, 2.05) is 24.4 Å². The summed E-state index contributed by atoms with van der Waals surface area (Å²) in [4.78, 5) is 22.6. The van der Waals surface area contributed by atoms with Crippen LogP contribution in [-0.2, 0) is 9.53 Å². The van der Waals surface area contributed by atoms with Crippen LogP contribution in [0.5, 0.6) is 0 Å². The quantitative estimate of drug-likeness (QED) is 0.856. The van der Waals surface area contributed by atoms with Crippen molar-refractivity contribution in [1.29, 1.82) is 0 Å². The number of amides is 1. The predicted octanol–water partition coefficient (Wildman–Crippen LogP) is 1.02. The number of nitrogens with two attached hydrogens (primary N) is 1. The third-order valence-corrected chi connectivity index (χ3v) is 4.51. The number of hydrogen-bond acceptors (Lipinski definition) is 6. The van der Waals surface area contributed by atoms with Crippen molar-refractivity contribution in [2.45, 2.75) is 19.4 Å². The molecule has 3 aliphatic rings. The number of primary amides is 1. The third kappa shape index (κ3) is 2.67. The number of aliphatic imine (C=N–C) groups is 1. The number of nitrogens with one attached hydrogen (secondary N) is 1. The molecule has 1 atom stereocenters. The molecule has 1 unspecified atom stereocenters. The summed E-state index contributed by atoms with van der Waals surface area (Å²) in [5.41, 5.74) is 10.1. The van der Waals surface area contributed by atoms with E-state index in [-0.39, 0.29) is 0 Å². The van der Waals surface area contributed by atoms with Gasteiger partial charge in [0.2, 0.25) is 5.91 Å². The fourth-order valence-electron chi connectivity index (χ4n) is 3.21. The van der Waals surface area contributed by atoms with Crippen LogP contribution in [0.3, 0.4) is 0 Å². The largest absolute Gasteiger partial charge is 0.495 e. The standard InChI is InChI=1S/C18H19N5O2/c1-11(17(19)24)22-15-10-25-9-12-5-7-23-16(12)13(15)8-21-18(23)14-4-2-3-6-20-14/h2-4,6,8,10-11,22H,5,7,9H2,1H3,(H2,19,24). The smallest absolute Gasteiger partial charge is 0.239 e. The number of carbonyl (C=O) groups excluding carboxylic acids is 1. The summed E-state index contributed by atoms with van der Waals surface area (Å²) < 4.78 is 5.68. The summed E-state index contributed by atoms with van der Waals surface area (Å²) in [6.07, 6.45) is 6.12. The fraction of sp³-hybridized carbons (Fsp3) is 0.278. The zero-order valence-electron chi connectivity index (χ0n) is 13.9. The van der Waals surface area contributed by atoms with E-state index in [4.69, 9.17) is 10.5 Å². The van der Waals surface area contributed by atoms with Gasteiger partial charge in [-0.15, -0.1) is 0 Å². The molecule has 0 aromatic carbocycles. The highest BCUT2D eigenvalue weighted by atomic mass is 16.5. The zero-order valence-corrected chi connectivity index (χ0v) is 13.9. The molecule has 1 aromatic rings. The first-order chi connectivity index (χ1) is 12.1. The molecule has 1 amide bonds. The topological polar surface area (TPSA) is 92.8 Å². The molecular formula is C18H19N5O2. The Bertz CT molecular complexity index is 838. The van der Waals surface area contributed by atoms with Gasteiger partial charge in [-0.05, 0) is 31.1 Å². The van der Waals surface area contributed by atoms with Crippen molar-refractivity contribution >= 4 is 11.7 Å². The molecule has 7 nitrogen and oxygen atoms in total. The van der Waals surface area contributed by atoms with Gasteiger partial charge in [-0.1, -0.05) is 6.07 Å². The lowest BCUT2D eigenvalue weighted by Gasteiger charge is -2.29.